The van der Waals surface area contributed by atoms with Gasteiger partial charge in [0, 0.05) is 24.9 Å². The van der Waals surface area contributed by atoms with E-state index in [4.69, 9.17) is 5.11 Å². The minimum Gasteiger partial charge on any atom is -0.481 e. The normalized spacial score (nSPS) is 10.1. The molecule has 0 fully saturated rings. The molecule has 3 heteroatoms. The second-order valence-corrected chi connectivity index (χ2v) is 2.84. The molecule has 0 unspecified atom stereocenters. The molecule has 12 heavy (non-hydrogen) atoms. The SMILES string of the molecule is Cc1cccn1CCCC(=O)O. The summed E-state index contributed by atoms with van der Waals surface area (Å²) in [4.78, 5) is 10.2. The van der Waals surface area contributed by atoms with Crippen molar-refractivity contribution in [2.24, 2.45) is 0 Å². The lowest BCUT2D eigenvalue weighted by Crippen LogP contribution is -2.01. The second kappa shape index (κ2) is 3.95. The Bertz CT molecular complexity index is 265. The molecule has 0 saturated heterocycles. The summed E-state index contributed by atoms with van der Waals surface area (Å²) in [5.74, 6) is -0.722. The molecule has 0 spiro atoms. The van der Waals surface area contributed by atoms with Crippen molar-refractivity contribution in [1.82, 2.24) is 4.57 Å². The highest BCUT2D eigenvalue weighted by molar-refractivity contribution is 5.66. The van der Waals surface area contributed by atoms with Crippen molar-refractivity contribution in [3.63, 3.8) is 0 Å². The van der Waals surface area contributed by atoms with E-state index in [1.807, 2.05) is 25.3 Å². The van der Waals surface area contributed by atoms with Gasteiger partial charge < -0.3 is 9.67 Å². The minimum absolute atomic E-state index is 0.248. The highest BCUT2D eigenvalue weighted by atomic mass is 16.4. The fraction of sp³-hybridized carbons (Fsp3) is 0.444. The van der Waals surface area contributed by atoms with Crippen molar-refractivity contribution in [3.8, 4) is 0 Å². The van der Waals surface area contributed by atoms with Gasteiger partial charge in [0.15, 0.2) is 0 Å². The lowest BCUT2D eigenvalue weighted by molar-refractivity contribution is -0.137. The molecule has 0 aromatic carbocycles. The van der Waals surface area contributed by atoms with E-state index in [0.29, 0.717) is 6.42 Å². The van der Waals surface area contributed by atoms with Gasteiger partial charge in [0.1, 0.15) is 0 Å². The summed E-state index contributed by atoms with van der Waals surface area (Å²) in [6, 6.07) is 3.98. The zero-order valence-electron chi connectivity index (χ0n) is 7.16. The number of aromatic nitrogens is 1. The van der Waals surface area contributed by atoms with Gasteiger partial charge in [-0.25, -0.2) is 0 Å². The Morgan fingerprint density at radius 1 is 1.67 bits per heavy atom. The van der Waals surface area contributed by atoms with Crippen molar-refractivity contribution in [1.29, 1.82) is 0 Å². The Balaban J connectivity index is 2.33. The molecule has 1 heterocycles. The molecule has 0 aliphatic heterocycles. The maximum atomic E-state index is 10.2. The number of carboxylic acid groups (broad SMARTS) is 1. The molecule has 0 saturated carbocycles. The molecule has 1 rings (SSSR count). The Morgan fingerprint density at radius 3 is 2.92 bits per heavy atom. The molecular formula is C9H13NO2. The number of nitrogens with zero attached hydrogens (tertiary/aromatic N) is 1. The van der Waals surface area contributed by atoms with Crippen molar-refractivity contribution in [2.75, 3.05) is 0 Å². The molecule has 0 atom stereocenters. The summed E-state index contributed by atoms with van der Waals surface area (Å²) in [6.45, 7) is 2.81. The zero-order chi connectivity index (χ0) is 8.97. The molecule has 0 aliphatic rings. The van der Waals surface area contributed by atoms with Crippen molar-refractivity contribution >= 4 is 5.97 Å². The third kappa shape index (κ3) is 2.42. The predicted molar refractivity (Wildman–Crippen MR) is 46.0 cm³/mol. The van der Waals surface area contributed by atoms with Crippen LogP contribution in [0.15, 0.2) is 18.3 Å². The van der Waals surface area contributed by atoms with Crippen LogP contribution in [-0.2, 0) is 11.3 Å². The smallest absolute Gasteiger partial charge is 0.303 e. The molecule has 66 valence electrons. The molecule has 3 nitrogen and oxygen atoms in total. The van der Waals surface area contributed by atoms with Crippen LogP contribution < -0.4 is 0 Å². The molecule has 1 aromatic heterocycles. The predicted octanol–water partition coefficient (Wildman–Crippen LogP) is 1.66. The van der Waals surface area contributed by atoms with Gasteiger partial charge in [-0.3, -0.25) is 4.79 Å². The number of carbonyl (C=O) groups is 1. The molecule has 0 radical (unpaired) electrons. The Labute approximate surface area is 71.6 Å². The minimum atomic E-state index is -0.722. The topological polar surface area (TPSA) is 42.2 Å². The second-order valence-electron chi connectivity index (χ2n) is 2.84. The molecule has 0 aliphatic carbocycles. The van der Waals surface area contributed by atoms with E-state index >= 15 is 0 Å². The van der Waals surface area contributed by atoms with Crippen molar-refractivity contribution in [3.05, 3.63) is 24.0 Å². The number of aryl methyl sites for hydroxylation is 2. The van der Waals surface area contributed by atoms with Crippen LogP contribution in [0.3, 0.4) is 0 Å². The van der Waals surface area contributed by atoms with E-state index in [1.165, 1.54) is 5.69 Å². The summed E-state index contributed by atoms with van der Waals surface area (Å²) in [5, 5.41) is 8.40. The first-order valence-electron chi connectivity index (χ1n) is 4.03. The lowest BCUT2D eigenvalue weighted by Gasteiger charge is -2.03. The summed E-state index contributed by atoms with van der Waals surface area (Å²) < 4.78 is 2.06. The number of hydrogen-bond acceptors (Lipinski definition) is 1. The van der Waals surface area contributed by atoms with Crippen molar-refractivity contribution < 1.29 is 9.90 Å². The molecular weight excluding hydrogens is 154 g/mol. The summed E-state index contributed by atoms with van der Waals surface area (Å²) in [7, 11) is 0. The van der Waals surface area contributed by atoms with Gasteiger partial charge in [-0.1, -0.05) is 0 Å². The maximum Gasteiger partial charge on any atom is 0.303 e. The standard InChI is InChI=1S/C9H13NO2/c1-8-4-2-6-10(8)7-3-5-9(11)12/h2,4,6H,3,5,7H2,1H3,(H,11,12). The average Bonchev–Trinajstić information content (AvgIpc) is 2.36. The highest BCUT2D eigenvalue weighted by Gasteiger charge is 1.98. The van der Waals surface area contributed by atoms with Crippen LogP contribution in [0.2, 0.25) is 0 Å². The van der Waals surface area contributed by atoms with E-state index in [1.54, 1.807) is 0 Å². The van der Waals surface area contributed by atoms with Crippen LogP contribution in [0.1, 0.15) is 18.5 Å². The van der Waals surface area contributed by atoms with E-state index in [2.05, 4.69) is 4.57 Å². The van der Waals surface area contributed by atoms with Gasteiger partial charge in [-0.05, 0) is 25.5 Å². The van der Waals surface area contributed by atoms with Crippen LogP contribution in [-0.4, -0.2) is 15.6 Å². The highest BCUT2D eigenvalue weighted by Crippen LogP contribution is 2.02. The van der Waals surface area contributed by atoms with Crippen LogP contribution in [0, 0.1) is 6.92 Å². The Kier molecular flexibility index (Phi) is 2.91. The largest absolute Gasteiger partial charge is 0.481 e. The van der Waals surface area contributed by atoms with Gasteiger partial charge >= 0.3 is 5.97 Å². The fourth-order valence-electron chi connectivity index (χ4n) is 1.15. The maximum absolute atomic E-state index is 10.2. The Morgan fingerprint density at radius 2 is 2.42 bits per heavy atom. The van der Waals surface area contributed by atoms with Gasteiger partial charge in [0.25, 0.3) is 0 Å². The van der Waals surface area contributed by atoms with Crippen LogP contribution in [0.25, 0.3) is 0 Å². The van der Waals surface area contributed by atoms with Crippen LogP contribution in [0.5, 0.6) is 0 Å². The van der Waals surface area contributed by atoms with Gasteiger partial charge in [-0.15, -0.1) is 0 Å². The monoisotopic (exact) mass is 167 g/mol. The first-order valence-corrected chi connectivity index (χ1v) is 4.03. The van der Waals surface area contributed by atoms with E-state index in [-0.39, 0.29) is 6.42 Å². The molecule has 0 amide bonds. The van der Waals surface area contributed by atoms with Crippen molar-refractivity contribution in [2.45, 2.75) is 26.3 Å². The van der Waals surface area contributed by atoms with E-state index in [9.17, 15) is 4.79 Å². The first kappa shape index (κ1) is 8.84. The lowest BCUT2D eigenvalue weighted by atomic mass is 10.3. The molecule has 0 bridgehead atoms. The third-order valence-corrected chi connectivity index (χ3v) is 1.85. The van der Waals surface area contributed by atoms with E-state index in [0.717, 1.165) is 6.54 Å². The third-order valence-electron chi connectivity index (χ3n) is 1.85. The first-order chi connectivity index (χ1) is 5.70. The van der Waals surface area contributed by atoms with Gasteiger partial charge in [0.05, 0.1) is 0 Å². The summed E-state index contributed by atoms with van der Waals surface area (Å²) in [6.07, 6.45) is 2.92. The number of hydrogen-bond donors (Lipinski definition) is 1. The Hall–Kier alpha value is -1.25. The average molecular weight is 167 g/mol. The molecule has 1 N–H and O–H groups in total. The van der Waals surface area contributed by atoms with E-state index < -0.39 is 5.97 Å². The number of aliphatic carboxylic acids is 1. The van der Waals surface area contributed by atoms with Crippen LogP contribution in [0.4, 0.5) is 0 Å². The summed E-state index contributed by atoms with van der Waals surface area (Å²) in [5.41, 5.74) is 1.18. The van der Waals surface area contributed by atoms with Gasteiger partial charge in [0.2, 0.25) is 0 Å². The number of carboxylic acids is 1. The quantitative estimate of drug-likeness (QED) is 0.741. The number of rotatable bonds is 4. The summed E-state index contributed by atoms with van der Waals surface area (Å²) >= 11 is 0. The molecule has 1 aromatic rings. The van der Waals surface area contributed by atoms with Crippen LogP contribution >= 0.6 is 0 Å². The fourth-order valence-corrected chi connectivity index (χ4v) is 1.15. The van der Waals surface area contributed by atoms with Gasteiger partial charge in [-0.2, -0.15) is 0 Å². The zero-order valence-corrected chi connectivity index (χ0v) is 7.16.